The van der Waals surface area contributed by atoms with E-state index in [0.717, 1.165) is 0 Å². The number of benzene rings is 3. The van der Waals surface area contributed by atoms with E-state index in [1.54, 1.807) is 61.5 Å². The fourth-order valence-corrected chi connectivity index (χ4v) is 4.65. The van der Waals surface area contributed by atoms with E-state index in [1.165, 1.54) is 23.1 Å². The van der Waals surface area contributed by atoms with Gasteiger partial charge in [0.15, 0.2) is 11.5 Å². The van der Waals surface area contributed by atoms with Crippen molar-refractivity contribution < 1.29 is 33.8 Å². The van der Waals surface area contributed by atoms with Crippen LogP contribution in [0.1, 0.15) is 45.0 Å². The van der Waals surface area contributed by atoms with Crippen LogP contribution in [0, 0.1) is 0 Å². The molecule has 5 rings (SSSR count). The molecule has 0 bridgehead atoms. The first-order chi connectivity index (χ1) is 18.3. The van der Waals surface area contributed by atoms with Crippen LogP contribution in [0.3, 0.4) is 0 Å². The van der Waals surface area contributed by atoms with Crippen molar-refractivity contribution in [3.8, 4) is 5.75 Å². The Morgan fingerprint density at radius 2 is 1.71 bits per heavy atom. The number of carbonyl (C=O) groups is 3. The zero-order chi connectivity index (χ0) is 27.0. The van der Waals surface area contributed by atoms with E-state index >= 15 is 0 Å². The molecule has 2 N–H and O–H groups in total. The molecule has 1 aliphatic rings. The molecule has 0 saturated carbocycles. The number of halogens is 1. The van der Waals surface area contributed by atoms with Crippen LogP contribution in [0.4, 0.5) is 0 Å². The molecule has 1 amide bonds. The standard InChI is InChI=1S/C29H22ClNO7/c1-2-37-29(36)18-5-3-16(4-6-18)15-31-25(17-7-10-21(32)11-8-17)24(27(34)28(31)35)26(33)23-14-19-13-20(30)9-12-22(19)38-23/h3-14,25,32,34H,2,15H2,1H3. The second-order valence-corrected chi connectivity index (χ2v) is 9.17. The molecule has 0 spiro atoms. The molecular weight excluding hydrogens is 510 g/mol. The number of aromatic hydroxyl groups is 1. The van der Waals surface area contributed by atoms with Crippen LogP contribution in [-0.2, 0) is 16.1 Å². The lowest BCUT2D eigenvalue weighted by Crippen LogP contribution is -2.30. The van der Waals surface area contributed by atoms with Gasteiger partial charge >= 0.3 is 5.97 Å². The van der Waals surface area contributed by atoms with Crippen molar-refractivity contribution in [3.05, 3.63) is 112 Å². The number of ether oxygens (including phenoxy) is 1. The number of furan rings is 1. The molecule has 1 atom stereocenters. The van der Waals surface area contributed by atoms with Crippen molar-refractivity contribution in [1.29, 1.82) is 0 Å². The highest BCUT2D eigenvalue weighted by Gasteiger charge is 2.44. The first-order valence-electron chi connectivity index (χ1n) is 11.8. The van der Waals surface area contributed by atoms with Crippen LogP contribution in [0.25, 0.3) is 11.0 Å². The Hall–Kier alpha value is -4.56. The molecule has 0 saturated heterocycles. The molecule has 0 radical (unpaired) electrons. The van der Waals surface area contributed by atoms with Crippen LogP contribution in [0.15, 0.2) is 88.5 Å². The normalized spacial score (nSPS) is 15.4. The molecule has 2 heterocycles. The highest BCUT2D eigenvalue weighted by molar-refractivity contribution is 6.31. The molecule has 3 aromatic carbocycles. The third-order valence-electron chi connectivity index (χ3n) is 6.28. The van der Waals surface area contributed by atoms with Gasteiger partial charge in [0.25, 0.3) is 5.91 Å². The quantitative estimate of drug-likeness (QED) is 0.230. The van der Waals surface area contributed by atoms with Gasteiger partial charge in [-0.1, -0.05) is 35.9 Å². The largest absolute Gasteiger partial charge is 0.508 e. The van der Waals surface area contributed by atoms with Crippen molar-refractivity contribution in [1.82, 2.24) is 4.90 Å². The van der Waals surface area contributed by atoms with E-state index in [2.05, 4.69) is 0 Å². The van der Waals surface area contributed by atoms with Gasteiger partial charge in [0, 0.05) is 17.0 Å². The SMILES string of the molecule is CCOC(=O)c1ccc(CN2C(=O)C(O)=C(C(=O)c3cc4cc(Cl)ccc4o3)C2c2ccc(O)cc2)cc1. The Bertz CT molecular complexity index is 1590. The maximum Gasteiger partial charge on any atom is 0.338 e. The van der Waals surface area contributed by atoms with Gasteiger partial charge in [-0.2, -0.15) is 0 Å². The van der Waals surface area contributed by atoms with Crippen LogP contribution in [-0.4, -0.2) is 39.4 Å². The maximum atomic E-state index is 13.7. The van der Waals surface area contributed by atoms with Crippen LogP contribution < -0.4 is 0 Å². The number of aliphatic hydroxyl groups is 1. The Morgan fingerprint density at radius 1 is 1.00 bits per heavy atom. The molecule has 4 aromatic rings. The van der Waals surface area contributed by atoms with E-state index in [1.807, 2.05) is 0 Å². The van der Waals surface area contributed by atoms with Gasteiger partial charge in [-0.05, 0) is 66.6 Å². The second-order valence-electron chi connectivity index (χ2n) is 8.73. The molecule has 1 aliphatic heterocycles. The van der Waals surface area contributed by atoms with Crippen LogP contribution in [0.5, 0.6) is 5.75 Å². The molecule has 0 aliphatic carbocycles. The molecular formula is C29H22ClNO7. The summed E-state index contributed by atoms with van der Waals surface area (Å²) in [6.07, 6.45) is 0. The summed E-state index contributed by atoms with van der Waals surface area (Å²) >= 11 is 6.06. The number of carbonyl (C=O) groups excluding carboxylic acids is 3. The van der Waals surface area contributed by atoms with Crippen LogP contribution in [0.2, 0.25) is 5.02 Å². The summed E-state index contributed by atoms with van der Waals surface area (Å²) in [6, 6.07) is 18.0. The highest BCUT2D eigenvalue weighted by atomic mass is 35.5. The van der Waals surface area contributed by atoms with Gasteiger partial charge in [-0.15, -0.1) is 0 Å². The van der Waals surface area contributed by atoms with Crippen LogP contribution >= 0.6 is 11.6 Å². The van der Waals surface area contributed by atoms with E-state index in [9.17, 15) is 24.6 Å². The molecule has 1 unspecified atom stereocenters. The molecule has 192 valence electrons. The Balaban J connectivity index is 1.52. The summed E-state index contributed by atoms with van der Waals surface area (Å²) in [7, 11) is 0. The number of hydrogen-bond acceptors (Lipinski definition) is 7. The van der Waals surface area contributed by atoms with Crippen molar-refractivity contribution in [3.63, 3.8) is 0 Å². The first kappa shape index (κ1) is 25.1. The minimum atomic E-state index is -0.961. The van der Waals surface area contributed by atoms with Gasteiger partial charge in [0.05, 0.1) is 23.8 Å². The smallest absolute Gasteiger partial charge is 0.338 e. The van der Waals surface area contributed by atoms with E-state index in [4.69, 9.17) is 20.8 Å². The minimum Gasteiger partial charge on any atom is -0.508 e. The number of Topliss-reactive ketones (excluding diaryl/α,β-unsaturated/α-hetero) is 1. The number of esters is 1. The number of phenolic OH excluding ortho intramolecular Hbond substituents is 1. The summed E-state index contributed by atoms with van der Waals surface area (Å²) in [5, 5.41) is 21.8. The number of fused-ring (bicyclic) bond motifs is 1. The average Bonchev–Trinajstić information content (AvgIpc) is 3.43. The summed E-state index contributed by atoms with van der Waals surface area (Å²) in [5.41, 5.74) is 1.82. The third-order valence-corrected chi connectivity index (χ3v) is 6.51. The number of amides is 1. The maximum absolute atomic E-state index is 13.7. The molecule has 0 fully saturated rings. The summed E-state index contributed by atoms with van der Waals surface area (Å²) < 4.78 is 10.7. The highest BCUT2D eigenvalue weighted by Crippen LogP contribution is 2.41. The Morgan fingerprint density at radius 3 is 2.39 bits per heavy atom. The first-order valence-corrected chi connectivity index (χ1v) is 12.2. The van der Waals surface area contributed by atoms with E-state index < -0.39 is 29.5 Å². The number of rotatable bonds is 7. The van der Waals surface area contributed by atoms with Gasteiger partial charge in [0.2, 0.25) is 5.78 Å². The third kappa shape index (κ3) is 4.62. The molecule has 38 heavy (non-hydrogen) atoms. The number of nitrogens with zero attached hydrogens (tertiary/aromatic N) is 1. The van der Waals surface area contributed by atoms with Gasteiger partial charge in [-0.3, -0.25) is 9.59 Å². The monoisotopic (exact) mass is 531 g/mol. The summed E-state index contributed by atoms with van der Waals surface area (Å²) in [5.74, 6) is -2.58. The predicted octanol–water partition coefficient (Wildman–Crippen LogP) is 5.75. The van der Waals surface area contributed by atoms with Crippen molar-refractivity contribution in [2.45, 2.75) is 19.5 Å². The van der Waals surface area contributed by atoms with Crippen molar-refractivity contribution in [2.75, 3.05) is 6.61 Å². The lowest BCUT2D eigenvalue weighted by Gasteiger charge is -2.27. The fraction of sp³-hybridized carbons (Fsp3) is 0.138. The minimum absolute atomic E-state index is 0.00872. The van der Waals surface area contributed by atoms with Crippen molar-refractivity contribution >= 4 is 40.2 Å². The molecule has 8 nitrogen and oxygen atoms in total. The number of ketones is 1. The predicted molar refractivity (Wildman–Crippen MR) is 139 cm³/mol. The van der Waals surface area contributed by atoms with Gasteiger partial charge in [0.1, 0.15) is 11.3 Å². The number of phenols is 1. The number of hydrogen-bond donors (Lipinski definition) is 2. The fourth-order valence-electron chi connectivity index (χ4n) is 4.47. The average molecular weight is 532 g/mol. The summed E-state index contributed by atoms with van der Waals surface area (Å²) in [4.78, 5) is 40.3. The topological polar surface area (TPSA) is 117 Å². The second kappa shape index (κ2) is 10.1. The zero-order valence-electron chi connectivity index (χ0n) is 20.2. The zero-order valence-corrected chi connectivity index (χ0v) is 20.9. The summed E-state index contributed by atoms with van der Waals surface area (Å²) in [6.45, 7) is 1.99. The molecule has 1 aromatic heterocycles. The number of aliphatic hydroxyl groups excluding tert-OH is 1. The van der Waals surface area contributed by atoms with Crippen molar-refractivity contribution in [2.24, 2.45) is 0 Å². The van der Waals surface area contributed by atoms with E-state index in [-0.39, 0.29) is 30.2 Å². The Kier molecular flexibility index (Phi) is 6.65. The molecule has 9 heteroatoms. The Labute approximate surface area is 222 Å². The lowest BCUT2D eigenvalue weighted by molar-refractivity contribution is -0.130. The van der Waals surface area contributed by atoms with Gasteiger partial charge < -0.3 is 24.3 Å². The lowest BCUT2D eigenvalue weighted by atomic mass is 9.94. The van der Waals surface area contributed by atoms with E-state index in [0.29, 0.717) is 32.7 Å². The van der Waals surface area contributed by atoms with Gasteiger partial charge in [-0.25, -0.2) is 4.79 Å².